The van der Waals surface area contributed by atoms with E-state index in [2.05, 4.69) is 4.98 Å². The van der Waals surface area contributed by atoms with Crippen molar-refractivity contribution < 1.29 is 9.84 Å². The SMILES string of the molecule is OCC1CCC(OCc2ccccn2)CC1. The number of ether oxygens (including phenoxy) is 1. The lowest BCUT2D eigenvalue weighted by molar-refractivity contribution is -0.000147. The maximum atomic E-state index is 9.03. The first-order chi connectivity index (χ1) is 7.88. The Bertz CT molecular complexity index is 294. The number of aromatic nitrogens is 1. The van der Waals surface area contributed by atoms with Crippen LogP contribution in [0, 0.1) is 5.92 Å². The molecule has 1 heterocycles. The van der Waals surface area contributed by atoms with Crippen LogP contribution in [0.25, 0.3) is 0 Å². The van der Waals surface area contributed by atoms with Gasteiger partial charge < -0.3 is 9.84 Å². The maximum Gasteiger partial charge on any atom is 0.0891 e. The number of rotatable bonds is 4. The summed E-state index contributed by atoms with van der Waals surface area (Å²) >= 11 is 0. The predicted molar refractivity (Wildman–Crippen MR) is 61.9 cm³/mol. The van der Waals surface area contributed by atoms with Crippen LogP contribution < -0.4 is 0 Å². The Morgan fingerprint density at radius 1 is 1.25 bits per heavy atom. The van der Waals surface area contributed by atoms with Crippen molar-refractivity contribution in [2.75, 3.05) is 6.61 Å². The molecule has 2 rings (SSSR count). The van der Waals surface area contributed by atoms with Gasteiger partial charge in [0.2, 0.25) is 0 Å². The molecule has 1 saturated carbocycles. The molecule has 0 spiro atoms. The van der Waals surface area contributed by atoms with E-state index in [1.54, 1.807) is 6.20 Å². The molecule has 1 aromatic rings. The van der Waals surface area contributed by atoms with E-state index in [1.165, 1.54) is 0 Å². The van der Waals surface area contributed by atoms with Crippen LogP contribution in [0.1, 0.15) is 31.4 Å². The first kappa shape index (κ1) is 11.6. The molecule has 0 aliphatic heterocycles. The van der Waals surface area contributed by atoms with Gasteiger partial charge in [0, 0.05) is 12.8 Å². The molecule has 1 aromatic heterocycles. The third-order valence-corrected chi connectivity index (χ3v) is 3.25. The number of aliphatic hydroxyl groups is 1. The summed E-state index contributed by atoms with van der Waals surface area (Å²) < 4.78 is 5.82. The van der Waals surface area contributed by atoms with Crippen LogP contribution in [0.4, 0.5) is 0 Å². The monoisotopic (exact) mass is 221 g/mol. The van der Waals surface area contributed by atoms with E-state index in [4.69, 9.17) is 9.84 Å². The molecule has 1 fully saturated rings. The van der Waals surface area contributed by atoms with Crippen molar-refractivity contribution in [3.8, 4) is 0 Å². The molecule has 1 aliphatic carbocycles. The first-order valence-corrected chi connectivity index (χ1v) is 6.01. The molecular formula is C13H19NO2. The molecule has 1 aliphatic rings. The van der Waals surface area contributed by atoms with Gasteiger partial charge in [0.25, 0.3) is 0 Å². The largest absolute Gasteiger partial charge is 0.396 e. The van der Waals surface area contributed by atoms with Crippen molar-refractivity contribution in [3.63, 3.8) is 0 Å². The molecule has 88 valence electrons. The standard InChI is InChI=1S/C13H19NO2/c15-9-11-4-6-13(7-5-11)16-10-12-3-1-2-8-14-12/h1-3,8,11,13,15H,4-7,9-10H2. The molecule has 0 aromatic carbocycles. The Labute approximate surface area is 96.5 Å². The average Bonchev–Trinajstić information content (AvgIpc) is 2.38. The zero-order chi connectivity index (χ0) is 11.2. The highest BCUT2D eigenvalue weighted by Gasteiger charge is 2.20. The lowest BCUT2D eigenvalue weighted by Gasteiger charge is -2.27. The summed E-state index contributed by atoms with van der Waals surface area (Å²) in [6.45, 7) is 0.933. The van der Waals surface area contributed by atoms with Crippen molar-refractivity contribution >= 4 is 0 Å². The molecule has 16 heavy (non-hydrogen) atoms. The van der Waals surface area contributed by atoms with Crippen molar-refractivity contribution in [2.24, 2.45) is 5.92 Å². The van der Waals surface area contributed by atoms with Gasteiger partial charge in [-0.05, 0) is 43.7 Å². The Balaban J connectivity index is 1.72. The summed E-state index contributed by atoms with van der Waals surface area (Å²) in [6, 6.07) is 5.88. The van der Waals surface area contributed by atoms with Gasteiger partial charge in [-0.2, -0.15) is 0 Å². The molecule has 0 saturated heterocycles. The molecular weight excluding hydrogens is 202 g/mol. The quantitative estimate of drug-likeness (QED) is 0.847. The second-order valence-corrected chi connectivity index (χ2v) is 4.46. The van der Waals surface area contributed by atoms with E-state index < -0.39 is 0 Å². The topological polar surface area (TPSA) is 42.4 Å². The Morgan fingerprint density at radius 3 is 2.69 bits per heavy atom. The average molecular weight is 221 g/mol. The highest BCUT2D eigenvalue weighted by atomic mass is 16.5. The molecule has 0 bridgehead atoms. The highest BCUT2D eigenvalue weighted by Crippen LogP contribution is 2.26. The van der Waals surface area contributed by atoms with Gasteiger partial charge in [0.15, 0.2) is 0 Å². The van der Waals surface area contributed by atoms with E-state index >= 15 is 0 Å². The summed E-state index contributed by atoms with van der Waals surface area (Å²) in [5.74, 6) is 0.495. The number of aliphatic hydroxyl groups excluding tert-OH is 1. The van der Waals surface area contributed by atoms with Crippen LogP contribution in [0.2, 0.25) is 0 Å². The maximum absolute atomic E-state index is 9.03. The summed E-state index contributed by atoms with van der Waals surface area (Å²) in [7, 11) is 0. The zero-order valence-electron chi connectivity index (χ0n) is 9.51. The van der Waals surface area contributed by atoms with E-state index in [9.17, 15) is 0 Å². The lowest BCUT2D eigenvalue weighted by atomic mass is 9.88. The fraction of sp³-hybridized carbons (Fsp3) is 0.615. The van der Waals surface area contributed by atoms with Crippen LogP contribution in [-0.2, 0) is 11.3 Å². The van der Waals surface area contributed by atoms with Crippen LogP contribution >= 0.6 is 0 Å². The van der Waals surface area contributed by atoms with E-state index in [0.717, 1.165) is 31.4 Å². The Morgan fingerprint density at radius 2 is 2.06 bits per heavy atom. The third-order valence-electron chi connectivity index (χ3n) is 3.25. The molecule has 1 N–H and O–H groups in total. The van der Waals surface area contributed by atoms with Gasteiger partial charge in [-0.1, -0.05) is 6.07 Å². The Kier molecular flexibility index (Phi) is 4.31. The van der Waals surface area contributed by atoms with Gasteiger partial charge in [-0.3, -0.25) is 4.98 Å². The lowest BCUT2D eigenvalue weighted by Crippen LogP contribution is -2.23. The van der Waals surface area contributed by atoms with Gasteiger partial charge in [-0.15, -0.1) is 0 Å². The first-order valence-electron chi connectivity index (χ1n) is 6.01. The van der Waals surface area contributed by atoms with Crippen LogP contribution in [0.5, 0.6) is 0 Å². The Hall–Kier alpha value is -0.930. The minimum Gasteiger partial charge on any atom is -0.396 e. The van der Waals surface area contributed by atoms with E-state index in [1.807, 2.05) is 18.2 Å². The third kappa shape index (κ3) is 3.29. The number of pyridine rings is 1. The minimum atomic E-state index is 0.326. The van der Waals surface area contributed by atoms with Gasteiger partial charge in [-0.25, -0.2) is 0 Å². The summed E-state index contributed by atoms with van der Waals surface area (Å²) in [5.41, 5.74) is 0.992. The molecule has 0 unspecified atom stereocenters. The predicted octanol–water partition coefficient (Wildman–Crippen LogP) is 2.15. The highest BCUT2D eigenvalue weighted by molar-refractivity contribution is 5.01. The summed E-state index contributed by atoms with van der Waals surface area (Å²) in [4.78, 5) is 4.23. The van der Waals surface area contributed by atoms with Crippen molar-refractivity contribution in [1.82, 2.24) is 4.98 Å². The molecule has 0 radical (unpaired) electrons. The summed E-state index contributed by atoms with van der Waals surface area (Å²) in [5, 5.41) is 9.03. The van der Waals surface area contributed by atoms with Gasteiger partial charge >= 0.3 is 0 Å². The second-order valence-electron chi connectivity index (χ2n) is 4.46. The number of hydrogen-bond acceptors (Lipinski definition) is 3. The van der Waals surface area contributed by atoms with E-state index in [-0.39, 0.29) is 0 Å². The van der Waals surface area contributed by atoms with Crippen molar-refractivity contribution in [3.05, 3.63) is 30.1 Å². The van der Waals surface area contributed by atoms with Crippen molar-refractivity contribution in [1.29, 1.82) is 0 Å². The van der Waals surface area contributed by atoms with E-state index in [0.29, 0.717) is 25.2 Å². The molecule has 3 nitrogen and oxygen atoms in total. The van der Waals surface area contributed by atoms with Crippen LogP contribution in [-0.4, -0.2) is 22.8 Å². The fourth-order valence-electron chi connectivity index (χ4n) is 2.17. The molecule has 0 amide bonds. The normalized spacial score (nSPS) is 25.6. The van der Waals surface area contributed by atoms with Gasteiger partial charge in [0.1, 0.15) is 0 Å². The van der Waals surface area contributed by atoms with Gasteiger partial charge in [0.05, 0.1) is 18.4 Å². The smallest absolute Gasteiger partial charge is 0.0891 e. The zero-order valence-corrected chi connectivity index (χ0v) is 9.51. The second kappa shape index (κ2) is 5.97. The van der Waals surface area contributed by atoms with Crippen LogP contribution in [0.15, 0.2) is 24.4 Å². The van der Waals surface area contributed by atoms with Crippen molar-refractivity contribution in [2.45, 2.75) is 38.4 Å². The summed E-state index contributed by atoms with van der Waals surface area (Å²) in [6.07, 6.45) is 6.45. The molecule has 3 heteroatoms. The number of hydrogen-bond donors (Lipinski definition) is 1. The minimum absolute atomic E-state index is 0.326. The molecule has 0 atom stereocenters. The number of nitrogens with zero attached hydrogens (tertiary/aromatic N) is 1. The fourth-order valence-corrected chi connectivity index (χ4v) is 2.17. The van der Waals surface area contributed by atoms with Crippen LogP contribution in [0.3, 0.4) is 0 Å².